The monoisotopic (exact) mass is 246 g/mol. The van der Waals surface area contributed by atoms with E-state index in [0.29, 0.717) is 18.2 Å². The Labute approximate surface area is 97.2 Å². The Balaban J connectivity index is 2.79. The first kappa shape index (κ1) is 12.9. The van der Waals surface area contributed by atoms with Crippen molar-refractivity contribution >= 4 is 17.7 Å². The van der Waals surface area contributed by atoms with E-state index in [4.69, 9.17) is 4.74 Å². The van der Waals surface area contributed by atoms with Crippen molar-refractivity contribution in [3.63, 3.8) is 0 Å². The maximum absolute atomic E-state index is 11.2. The molecule has 1 unspecified atom stereocenters. The third kappa shape index (κ3) is 2.92. The van der Waals surface area contributed by atoms with Gasteiger partial charge in [0.2, 0.25) is 5.16 Å². The van der Waals surface area contributed by atoms with Crippen LogP contribution in [0, 0.1) is 0 Å². The van der Waals surface area contributed by atoms with Crippen molar-refractivity contribution in [3.05, 3.63) is 0 Å². The van der Waals surface area contributed by atoms with Gasteiger partial charge in [-0.1, -0.05) is 11.8 Å². The molecular weight excluding hydrogens is 232 g/mol. The highest BCUT2D eigenvalue weighted by molar-refractivity contribution is 8.01. The number of aliphatic carboxylic acids is 1. The molecule has 0 saturated heterocycles. The minimum Gasteiger partial charge on any atom is -0.480 e. The second kappa shape index (κ2) is 5.26. The lowest BCUT2D eigenvalue weighted by molar-refractivity contribution is -0.139. The predicted octanol–water partition coefficient (Wildman–Crippen LogP) is 0.182. The Kier molecular flexibility index (Phi) is 4.25. The average Bonchev–Trinajstić information content (AvgIpc) is 2.61. The SMILES string of the molecule is COCCC(C)(Sc1nnnn1C)C(=O)O. The van der Waals surface area contributed by atoms with Crippen LogP contribution in [0.4, 0.5) is 0 Å². The molecule has 0 saturated carbocycles. The van der Waals surface area contributed by atoms with E-state index in [1.807, 2.05) is 0 Å². The zero-order valence-corrected chi connectivity index (χ0v) is 10.2. The molecule has 16 heavy (non-hydrogen) atoms. The van der Waals surface area contributed by atoms with E-state index >= 15 is 0 Å². The van der Waals surface area contributed by atoms with Crippen molar-refractivity contribution < 1.29 is 14.6 Å². The molecule has 1 heterocycles. The maximum Gasteiger partial charge on any atom is 0.320 e. The molecule has 1 rings (SSSR count). The van der Waals surface area contributed by atoms with Gasteiger partial charge in [0, 0.05) is 20.8 Å². The summed E-state index contributed by atoms with van der Waals surface area (Å²) in [6.07, 6.45) is 0.385. The summed E-state index contributed by atoms with van der Waals surface area (Å²) >= 11 is 1.12. The van der Waals surface area contributed by atoms with Crippen LogP contribution >= 0.6 is 11.8 Å². The van der Waals surface area contributed by atoms with Gasteiger partial charge in [0.25, 0.3) is 0 Å². The summed E-state index contributed by atoms with van der Waals surface area (Å²) in [6.45, 7) is 2.01. The summed E-state index contributed by atoms with van der Waals surface area (Å²) in [7, 11) is 3.21. The predicted molar refractivity (Wildman–Crippen MR) is 57.2 cm³/mol. The molecule has 7 nitrogen and oxygen atoms in total. The van der Waals surface area contributed by atoms with E-state index in [0.717, 1.165) is 11.8 Å². The Morgan fingerprint density at radius 2 is 2.38 bits per heavy atom. The molecule has 1 aromatic heterocycles. The summed E-state index contributed by atoms with van der Waals surface area (Å²) in [6, 6.07) is 0. The van der Waals surface area contributed by atoms with Crippen molar-refractivity contribution in [3.8, 4) is 0 Å². The number of aryl methyl sites for hydroxylation is 1. The fraction of sp³-hybridized carbons (Fsp3) is 0.750. The average molecular weight is 246 g/mol. The van der Waals surface area contributed by atoms with E-state index in [-0.39, 0.29) is 0 Å². The normalized spacial score (nSPS) is 14.7. The zero-order valence-electron chi connectivity index (χ0n) is 9.38. The van der Waals surface area contributed by atoms with Crippen LogP contribution in [0.5, 0.6) is 0 Å². The van der Waals surface area contributed by atoms with Crippen LogP contribution in [-0.4, -0.2) is 49.7 Å². The van der Waals surface area contributed by atoms with E-state index in [9.17, 15) is 9.90 Å². The van der Waals surface area contributed by atoms with Crippen molar-refractivity contribution in [2.24, 2.45) is 7.05 Å². The molecular formula is C8H14N4O3S. The highest BCUT2D eigenvalue weighted by atomic mass is 32.2. The quantitative estimate of drug-likeness (QED) is 0.716. The summed E-state index contributed by atoms with van der Waals surface area (Å²) in [4.78, 5) is 11.2. The maximum atomic E-state index is 11.2. The van der Waals surface area contributed by atoms with Crippen molar-refractivity contribution in [2.75, 3.05) is 13.7 Å². The first-order chi connectivity index (χ1) is 7.49. The lowest BCUT2D eigenvalue weighted by Crippen LogP contribution is -2.33. The summed E-state index contributed by atoms with van der Waals surface area (Å²) in [5.41, 5.74) is 0. The third-order valence-electron chi connectivity index (χ3n) is 2.13. The summed E-state index contributed by atoms with van der Waals surface area (Å²) < 4.78 is 5.36. The van der Waals surface area contributed by atoms with Crippen LogP contribution in [0.25, 0.3) is 0 Å². The molecule has 1 atom stereocenters. The number of ether oxygens (including phenoxy) is 1. The Morgan fingerprint density at radius 3 is 2.81 bits per heavy atom. The molecule has 8 heteroatoms. The standard InChI is InChI=1S/C8H14N4O3S/c1-8(6(13)14,4-5-15-3)16-7-9-10-11-12(7)2/h4-5H2,1-3H3,(H,13,14). The van der Waals surface area contributed by atoms with Crippen molar-refractivity contribution in [1.29, 1.82) is 0 Å². The molecule has 0 radical (unpaired) electrons. The molecule has 1 aromatic rings. The van der Waals surface area contributed by atoms with Gasteiger partial charge in [-0.25, -0.2) is 4.68 Å². The van der Waals surface area contributed by atoms with E-state index in [2.05, 4.69) is 15.5 Å². The molecule has 0 aliphatic heterocycles. The number of hydrogen-bond donors (Lipinski definition) is 1. The fourth-order valence-electron chi connectivity index (χ4n) is 1.01. The number of nitrogens with zero attached hydrogens (tertiary/aromatic N) is 4. The number of aromatic nitrogens is 4. The molecule has 1 N–H and O–H groups in total. The van der Waals surface area contributed by atoms with Gasteiger partial charge in [0.15, 0.2) is 0 Å². The number of hydrogen-bond acceptors (Lipinski definition) is 6. The number of methoxy groups -OCH3 is 1. The van der Waals surface area contributed by atoms with Gasteiger partial charge in [-0.2, -0.15) is 0 Å². The lowest BCUT2D eigenvalue weighted by Gasteiger charge is -2.22. The molecule has 0 aliphatic rings. The van der Waals surface area contributed by atoms with Gasteiger partial charge in [-0.05, 0) is 23.8 Å². The minimum atomic E-state index is -0.988. The van der Waals surface area contributed by atoms with Gasteiger partial charge in [-0.15, -0.1) is 5.10 Å². The van der Waals surface area contributed by atoms with Gasteiger partial charge in [0.05, 0.1) is 0 Å². The van der Waals surface area contributed by atoms with Crippen LogP contribution in [-0.2, 0) is 16.6 Å². The van der Waals surface area contributed by atoms with E-state index in [1.54, 1.807) is 14.0 Å². The van der Waals surface area contributed by atoms with E-state index < -0.39 is 10.7 Å². The molecule has 0 spiro atoms. The fourth-order valence-corrected chi connectivity index (χ4v) is 1.93. The van der Waals surface area contributed by atoms with Gasteiger partial charge < -0.3 is 9.84 Å². The zero-order chi connectivity index (χ0) is 12.2. The van der Waals surface area contributed by atoms with Crippen LogP contribution < -0.4 is 0 Å². The molecule has 90 valence electrons. The summed E-state index contributed by atoms with van der Waals surface area (Å²) in [5.74, 6) is -0.905. The topological polar surface area (TPSA) is 90.1 Å². The first-order valence-electron chi connectivity index (χ1n) is 4.63. The first-order valence-corrected chi connectivity index (χ1v) is 5.45. The Morgan fingerprint density at radius 1 is 1.69 bits per heavy atom. The van der Waals surface area contributed by atoms with Crippen molar-refractivity contribution in [2.45, 2.75) is 23.2 Å². The highest BCUT2D eigenvalue weighted by Crippen LogP contribution is 2.33. The number of thioether (sulfide) groups is 1. The largest absolute Gasteiger partial charge is 0.480 e. The number of carbonyl (C=O) groups is 1. The van der Waals surface area contributed by atoms with Crippen molar-refractivity contribution in [1.82, 2.24) is 20.2 Å². The van der Waals surface area contributed by atoms with Crippen LogP contribution in [0.15, 0.2) is 5.16 Å². The van der Waals surface area contributed by atoms with Crippen LogP contribution in [0.1, 0.15) is 13.3 Å². The molecule has 0 aromatic carbocycles. The Bertz CT molecular complexity index is 370. The number of carboxylic acids is 1. The van der Waals surface area contributed by atoms with Gasteiger partial charge >= 0.3 is 5.97 Å². The molecule has 0 fully saturated rings. The lowest BCUT2D eigenvalue weighted by atomic mass is 10.1. The highest BCUT2D eigenvalue weighted by Gasteiger charge is 2.35. The van der Waals surface area contributed by atoms with Gasteiger partial charge in [-0.3, -0.25) is 4.79 Å². The number of tetrazole rings is 1. The second-order valence-electron chi connectivity index (χ2n) is 3.47. The third-order valence-corrected chi connectivity index (χ3v) is 3.49. The number of carboxylic acid groups (broad SMARTS) is 1. The van der Waals surface area contributed by atoms with Crippen LogP contribution in [0.3, 0.4) is 0 Å². The smallest absolute Gasteiger partial charge is 0.320 e. The minimum absolute atomic E-state index is 0.376. The van der Waals surface area contributed by atoms with Crippen LogP contribution in [0.2, 0.25) is 0 Å². The molecule has 0 bridgehead atoms. The summed E-state index contributed by atoms with van der Waals surface area (Å²) in [5, 5.41) is 20.5. The number of rotatable bonds is 6. The second-order valence-corrected chi connectivity index (χ2v) is 4.94. The molecule has 0 amide bonds. The molecule has 0 aliphatic carbocycles. The van der Waals surface area contributed by atoms with E-state index in [1.165, 1.54) is 11.8 Å². The Hall–Kier alpha value is -1.15. The van der Waals surface area contributed by atoms with Gasteiger partial charge in [0.1, 0.15) is 4.75 Å².